The van der Waals surface area contributed by atoms with Gasteiger partial charge in [0.15, 0.2) is 0 Å². The third kappa shape index (κ3) is 6.23. The van der Waals surface area contributed by atoms with E-state index in [2.05, 4.69) is 10.3 Å². The van der Waals surface area contributed by atoms with E-state index in [0.29, 0.717) is 29.7 Å². The van der Waals surface area contributed by atoms with Gasteiger partial charge in [-0.3, -0.25) is 4.79 Å². The lowest BCUT2D eigenvalue weighted by atomic mass is 10.1. The van der Waals surface area contributed by atoms with Gasteiger partial charge in [-0.25, -0.2) is 13.4 Å². The first-order valence-corrected chi connectivity index (χ1v) is 15.8. The highest BCUT2D eigenvalue weighted by Crippen LogP contribution is 2.36. The molecule has 1 aliphatic rings. The second-order valence-electron chi connectivity index (χ2n) is 9.96. The van der Waals surface area contributed by atoms with Gasteiger partial charge in [0.25, 0.3) is 0 Å². The quantitative estimate of drug-likeness (QED) is 0.231. The molecule has 0 spiro atoms. The first-order valence-electron chi connectivity index (χ1n) is 13.2. The van der Waals surface area contributed by atoms with Gasteiger partial charge in [0, 0.05) is 40.3 Å². The van der Waals surface area contributed by atoms with Crippen LogP contribution in [0.25, 0.3) is 10.9 Å². The lowest BCUT2D eigenvalue weighted by molar-refractivity contribution is -0.124. The van der Waals surface area contributed by atoms with Crippen molar-refractivity contribution in [2.75, 3.05) is 6.54 Å². The third-order valence-corrected chi connectivity index (χ3v) is 10.2. The number of nitrogens with zero attached hydrogens (tertiary/aromatic N) is 2. The molecule has 42 heavy (non-hydrogen) atoms. The molecule has 5 rings (SSSR count). The van der Waals surface area contributed by atoms with Crippen molar-refractivity contribution in [1.82, 2.24) is 14.6 Å². The molecule has 0 bridgehead atoms. The lowest BCUT2D eigenvalue weighted by Gasteiger charge is -2.24. The molecule has 2 heterocycles. The molecular weight excluding hydrogens is 615 g/mol. The van der Waals surface area contributed by atoms with Crippen LogP contribution in [0.15, 0.2) is 71.6 Å². The fraction of sp³-hybridized carbons (Fsp3) is 0.233. The van der Waals surface area contributed by atoms with Crippen molar-refractivity contribution in [1.29, 1.82) is 0 Å². The Balaban J connectivity index is 1.34. The van der Waals surface area contributed by atoms with Gasteiger partial charge in [0.2, 0.25) is 15.9 Å². The van der Waals surface area contributed by atoms with E-state index < -0.39 is 16.1 Å². The van der Waals surface area contributed by atoms with E-state index in [9.17, 15) is 13.2 Å². The SMILES string of the molecule is Cc1ccc2cccc(OCc3c(Cl)ccc(S(=O)(=O)N4CCC[C@H]4C(=O)NCc4ccc(C(N)=S)cc4)c3Cl)c2n1. The molecular formula is C30H28Cl2N4O4S2. The molecule has 8 nitrogen and oxygen atoms in total. The summed E-state index contributed by atoms with van der Waals surface area (Å²) in [5.41, 5.74) is 9.03. The smallest absolute Gasteiger partial charge is 0.245 e. The Labute approximate surface area is 259 Å². The summed E-state index contributed by atoms with van der Waals surface area (Å²) < 4.78 is 34.9. The predicted molar refractivity (Wildman–Crippen MR) is 168 cm³/mol. The number of aromatic nitrogens is 1. The minimum Gasteiger partial charge on any atom is -0.487 e. The van der Waals surface area contributed by atoms with Gasteiger partial charge >= 0.3 is 0 Å². The molecule has 1 saturated heterocycles. The van der Waals surface area contributed by atoms with Crippen molar-refractivity contribution in [3.8, 4) is 5.75 Å². The van der Waals surface area contributed by atoms with Crippen LogP contribution in [0.3, 0.4) is 0 Å². The molecule has 4 aromatic rings. The first-order chi connectivity index (χ1) is 20.1. The second-order valence-corrected chi connectivity index (χ2v) is 13.0. The number of halogens is 2. The number of para-hydroxylation sites is 1. The average molecular weight is 644 g/mol. The number of fused-ring (bicyclic) bond motifs is 1. The Morgan fingerprint density at radius 2 is 1.88 bits per heavy atom. The lowest BCUT2D eigenvalue weighted by Crippen LogP contribution is -2.45. The summed E-state index contributed by atoms with van der Waals surface area (Å²) in [6.45, 7) is 2.23. The van der Waals surface area contributed by atoms with Gasteiger partial charge in [0.1, 0.15) is 33.8 Å². The van der Waals surface area contributed by atoms with Crippen molar-refractivity contribution < 1.29 is 17.9 Å². The van der Waals surface area contributed by atoms with Gasteiger partial charge in [-0.2, -0.15) is 4.31 Å². The Kier molecular flexibility index (Phi) is 9.00. The molecule has 0 unspecified atom stereocenters. The molecule has 0 radical (unpaired) electrons. The number of thiocarbonyl (C=S) groups is 1. The van der Waals surface area contributed by atoms with Crippen molar-refractivity contribution in [2.24, 2.45) is 5.73 Å². The van der Waals surface area contributed by atoms with E-state index in [4.69, 9.17) is 45.9 Å². The number of pyridine rings is 1. The van der Waals surface area contributed by atoms with Crippen molar-refractivity contribution >= 4 is 67.2 Å². The first kappa shape index (κ1) is 30.2. The molecule has 1 fully saturated rings. The van der Waals surface area contributed by atoms with Gasteiger partial charge in [-0.05, 0) is 49.6 Å². The number of carbonyl (C=O) groups excluding carboxylic acids is 1. The van der Waals surface area contributed by atoms with Crippen LogP contribution < -0.4 is 15.8 Å². The number of nitrogens with two attached hydrogens (primary N) is 1. The Bertz CT molecular complexity index is 1780. The summed E-state index contributed by atoms with van der Waals surface area (Å²) in [5, 5.41) is 3.97. The Hall–Kier alpha value is -3.28. The largest absolute Gasteiger partial charge is 0.487 e. The van der Waals surface area contributed by atoms with Crippen LogP contribution in [-0.2, 0) is 28.0 Å². The standard InChI is InChI=1S/C30H28Cl2N4O4S2/c1-18-7-10-20-4-2-6-25(28(20)35-18)40-17-22-23(31)13-14-26(27(22)32)42(38,39)36-15-3-5-24(36)30(37)34-16-19-8-11-21(12-9-19)29(33)41/h2,4,6-14,24H,3,5,15-17H2,1H3,(H2,33,41)(H,34,37)/t24-/m0/s1. The summed E-state index contributed by atoms with van der Waals surface area (Å²) >= 11 is 18.1. The van der Waals surface area contributed by atoms with Crippen molar-refractivity contribution in [2.45, 2.75) is 43.9 Å². The number of nitrogens with one attached hydrogen (secondary N) is 1. The highest BCUT2D eigenvalue weighted by Gasteiger charge is 2.40. The number of sulfonamides is 1. The van der Waals surface area contributed by atoms with Gasteiger partial charge < -0.3 is 15.8 Å². The number of rotatable bonds is 9. The predicted octanol–water partition coefficient (Wildman–Crippen LogP) is 5.53. The average Bonchev–Trinajstić information content (AvgIpc) is 3.47. The van der Waals surface area contributed by atoms with Crippen LogP contribution in [0.5, 0.6) is 5.75 Å². The highest BCUT2D eigenvalue weighted by molar-refractivity contribution is 7.89. The third-order valence-electron chi connectivity index (χ3n) is 7.14. The molecule has 1 aliphatic heterocycles. The van der Waals surface area contributed by atoms with E-state index in [1.807, 2.05) is 43.3 Å². The zero-order valence-corrected chi connectivity index (χ0v) is 25.8. The number of hydrogen-bond donors (Lipinski definition) is 2. The van der Waals surface area contributed by atoms with Crippen LogP contribution in [0.1, 0.15) is 35.2 Å². The summed E-state index contributed by atoms with van der Waals surface area (Å²) in [7, 11) is -4.14. The molecule has 12 heteroatoms. The molecule has 1 amide bonds. The monoisotopic (exact) mass is 642 g/mol. The van der Waals surface area contributed by atoms with Crippen molar-refractivity contribution in [3.05, 3.63) is 99.2 Å². The minimum absolute atomic E-state index is 0.0455. The van der Waals surface area contributed by atoms with Crippen molar-refractivity contribution in [3.63, 3.8) is 0 Å². The molecule has 218 valence electrons. The van der Waals surface area contributed by atoms with E-state index in [-0.39, 0.29) is 45.5 Å². The fourth-order valence-electron chi connectivity index (χ4n) is 4.90. The van der Waals surface area contributed by atoms with Gasteiger partial charge in [0.05, 0.1) is 5.02 Å². The van der Waals surface area contributed by atoms with Crippen LogP contribution in [0, 0.1) is 6.92 Å². The molecule has 3 aromatic carbocycles. The Morgan fingerprint density at radius 1 is 1.12 bits per heavy atom. The normalized spacial score (nSPS) is 15.5. The molecule has 1 atom stereocenters. The number of amides is 1. The van der Waals surface area contributed by atoms with Crippen LogP contribution >= 0.6 is 35.4 Å². The maximum atomic E-state index is 13.8. The van der Waals surface area contributed by atoms with Gasteiger partial charge in [-0.15, -0.1) is 0 Å². The minimum atomic E-state index is -4.14. The van der Waals surface area contributed by atoms with E-state index in [0.717, 1.165) is 22.2 Å². The van der Waals surface area contributed by atoms with E-state index >= 15 is 0 Å². The fourth-order valence-corrected chi connectivity index (χ4v) is 7.56. The summed E-state index contributed by atoms with van der Waals surface area (Å²) in [4.78, 5) is 17.9. The molecule has 0 aliphatic carbocycles. The van der Waals surface area contributed by atoms with Crippen LogP contribution in [0.2, 0.25) is 10.0 Å². The second kappa shape index (κ2) is 12.5. The summed E-state index contributed by atoms with van der Waals surface area (Å²) in [6.07, 6.45) is 0.925. The summed E-state index contributed by atoms with van der Waals surface area (Å²) in [5.74, 6) is 0.134. The highest BCUT2D eigenvalue weighted by atomic mass is 35.5. The number of benzene rings is 3. The molecule has 1 aromatic heterocycles. The number of carbonyl (C=O) groups is 1. The van der Waals surface area contributed by atoms with E-state index in [1.165, 1.54) is 16.4 Å². The molecule has 3 N–H and O–H groups in total. The number of aryl methyl sites for hydroxylation is 1. The Morgan fingerprint density at radius 3 is 2.62 bits per heavy atom. The summed E-state index contributed by atoms with van der Waals surface area (Å²) in [6, 6.07) is 18.6. The van der Waals surface area contributed by atoms with Gasteiger partial charge in [-0.1, -0.05) is 77.9 Å². The zero-order valence-electron chi connectivity index (χ0n) is 22.6. The maximum Gasteiger partial charge on any atom is 0.245 e. The van der Waals surface area contributed by atoms with E-state index in [1.54, 1.807) is 18.2 Å². The molecule has 0 saturated carbocycles. The topological polar surface area (TPSA) is 115 Å². The number of ether oxygens (including phenoxy) is 1. The van der Waals surface area contributed by atoms with Crippen LogP contribution in [0.4, 0.5) is 0 Å². The van der Waals surface area contributed by atoms with Crippen LogP contribution in [-0.4, -0.2) is 41.2 Å². The zero-order chi connectivity index (χ0) is 30.0. The maximum absolute atomic E-state index is 13.8. The number of hydrogen-bond acceptors (Lipinski definition) is 6.